The highest BCUT2D eigenvalue weighted by molar-refractivity contribution is 6.29. The standard InChI is InChI=1S/C10H13ClN4O/c1-6-12-15-7(5-8(11)13-15)9(16)14(6)10(2,3)4/h5H,1-4H3. The Kier molecular flexibility index (Phi) is 2.31. The van der Waals surface area contributed by atoms with Crippen molar-refractivity contribution in [2.24, 2.45) is 0 Å². The van der Waals surface area contributed by atoms with E-state index in [1.807, 2.05) is 20.8 Å². The average molecular weight is 241 g/mol. The molecule has 0 aliphatic rings. The van der Waals surface area contributed by atoms with E-state index in [1.165, 1.54) is 10.7 Å². The molecule has 86 valence electrons. The van der Waals surface area contributed by atoms with Crippen LogP contribution in [0.15, 0.2) is 10.9 Å². The lowest BCUT2D eigenvalue weighted by atomic mass is 10.1. The number of rotatable bonds is 0. The maximum atomic E-state index is 12.2. The van der Waals surface area contributed by atoms with E-state index in [9.17, 15) is 4.79 Å². The summed E-state index contributed by atoms with van der Waals surface area (Å²) >= 11 is 5.75. The van der Waals surface area contributed by atoms with E-state index in [0.29, 0.717) is 11.3 Å². The van der Waals surface area contributed by atoms with Crippen molar-refractivity contribution in [1.82, 2.24) is 19.4 Å². The number of aryl methyl sites for hydroxylation is 1. The van der Waals surface area contributed by atoms with E-state index in [-0.39, 0.29) is 16.3 Å². The number of nitrogens with zero attached hydrogens (tertiary/aromatic N) is 4. The largest absolute Gasteiger partial charge is 0.288 e. The van der Waals surface area contributed by atoms with Gasteiger partial charge in [0, 0.05) is 11.6 Å². The third-order valence-corrected chi connectivity index (χ3v) is 2.50. The molecule has 5 nitrogen and oxygen atoms in total. The molecule has 0 saturated heterocycles. The number of halogens is 1. The zero-order valence-corrected chi connectivity index (χ0v) is 10.4. The summed E-state index contributed by atoms with van der Waals surface area (Å²) in [6, 6.07) is 1.53. The number of hydrogen-bond acceptors (Lipinski definition) is 3. The van der Waals surface area contributed by atoms with Gasteiger partial charge in [-0.25, -0.2) is 0 Å². The first kappa shape index (κ1) is 11.1. The van der Waals surface area contributed by atoms with E-state index in [0.717, 1.165) is 0 Å². The summed E-state index contributed by atoms with van der Waals surface area (Å²) in [5.41, 5.74) is -0.0444. The molecule has 2 aromatic rings. The molecule has 0 aliphatic heterocycles. The molecule has 0 amide bonds. The van der Waals surface area contributed by atoms with Gasteiger partial charge in [0.2, 0.25) is 0 Å². The lowest BCUT2D eigenvalue weighted by molar-refractivity contribution is 0.364. The second kappa shape index (κ2) is 3.31. The van der Waals surface area contributed by atoms with Crippen molar-refractivity contribution < 1.29 is 0 Å². The van der Waals surface area contributed by atoms with Crippen molar-refractivity contribution >= 4 is 17.1 Å². The molecule has 0 aromatic carbocycles. The molecule has 0 N–H and O–H groups in total. The van der Waals surface area contributed by atoms with E-state index in [1.54, 1.807) is 11.5 Å². The number of aromatic nitrogens is 4. The van der Waals surface area contributed by atoms with Crippen LogP contribution in [0.5, 0.6) is 0 Å². The van der Waals surface area contributed by atoms with Crippen molar-refractivity contribution in [3.05, 3.63) is 27.4 Å². The average Bonchev–Trinajstić information content (AvgIpc) is 2.43. The number of fused-ring (bicyclic) bond motifs is 1. The van der Waals surface area contributed by atoms with Gasteiger partial charge in [0.15, 0.2) is 10.7 Å². The summed E-state index contributed by atoms with van der Waals surface area (Å²) in [6.07, 6.45) is 0. The zero-order chi connectivity index (χ0) is 12.1. The van der Waals surface area contributed by atoms with Gasteiger partial charge in [-0.05, 0) is 27.7 Å². The molecule has 2 heterocycles. The van der Waals surface area contributed by atoms with Gasteiger partial charge in [-0.1, -0.05) is 11.6 Å². The fraction of sp³-hybridized carbons (Fsp3) is 0.500. The van der Waals surface area contributed by atoms with Gasteiger partial charge >= 0.3 is 0 Å². The zero-order valence-electron chi connectivity index (χ0n) is 9.65. The van der Waals surface area contributed by atoms with Crippen LogP contribution in [0, 0.1) is 6.92 Å². The highest BCUT2D eigenvalue weighted by atomic mass is 35.5. The van der Waals surface area contributed by atoms with Crippen LogP contribution >= 0.6 is 11.6 Å². The maximum absolute atomic E-state index is 12.2. The summed E-state index contributed by atoms with van der Waals surface area (Å²) in [7, 11) is 0. The van der Waals surface area contributed by atoms with E-state index >= 15 is 0 Å². The molecule has 0 bridgehead atoms. The van der Waals surface area contributed by atoms with Gasteiger partial charge in [-0.2, -0.15) is 0 Å². The van der Waals surface area contributed by atoms with Gasteiger partial charge < -0.3 is 0 Å². The third kappa shape index (κ3) is 1.61. The van der Waals surface area contributed by atoms with Crippen molar-refractivity contribution in [3.8, 4) is 0 Å². The maximum Gasteiger partial charge on any atom is 0.280 e. The lowest BCUT2D eigenvalue weighted by Crippen LogP contribution is -2.37. The quantitative estimate of drug-likeness (QED) is 0.703. The van der Waals surface area contributed by atoms with Crippen LogP contribution in [0.25, 0.3) is 5.52 Å². The van der Waals surface area contributed by atoms with Crippen LogP contribution in [-0.4, -0.2) is 19.4 Å². The van der Waals surface area contributed by atoms with E-state index < -0.39 is 0 Å². The van der Waals surface area contributed by atoms with Gasteiger partial charge in [-0.3, -0.25) is 9.36 Å². The minimum atomic E-state index is -0.313. The van der Waals surface area contributed by atoms with Gasteiger partial charge in [0.25, 0.3) is 5.56 Å². The Morgan fingerprint density at radius 3 is 2.50 bits per heavy atom. The summed E-state index contributed by atoms with van der Waals surface area (Å²) in [4.78, 5) is 12.2. The van der Waals surface area contributed by atoms with Crippen LogP contribution in [-0.2, 0) is 5.54 Å². The molecule has 0 spiro atoms. The first-order valence-electron chi connectivity index (χ1n) is 4.96. The lowest BCUT2D eigenvalue weighted by Gasteiger charge is -2.23. The molecule has 2 rings (SSSR count). The van der Waals surface area contributed by atoms with Gasteiger partial charge in [0.1, 0.15) is 5.82 Å². The van der Waals surface area contributed by atoms with Crippen molar-refractivity contribution in [2.75, 3.05) is 0 Å². The first-order valence-corrected chi connectivity index (χ1v) is 5.34. The normalized spacial score (nSPS) is 12.3. The van der Waals surface area contributed by atoms with Crippen LogP contribution in [0.1, 0.15) is 26.6 Å². The predicted octanol–water partition coefficient (Wildman–Crippen LogP) is 1.61. The van der Waals surface area contributed by atoms with E-state index in [4.69, 9.17) is 11.6 Å². The highest BCUT2D eigenvalue weighted by Crippen LogP contribution is 2.14. The second-order valence-corrected chi connectivity index (χ2v) is 5.09. The summed E-state index contributed by atoms with van der Waals surface area (Å²) in [5.74, 6) is 0.616. The van der Waals surface area contributed by atoms with Crippen LogP contribution in [0.3, 0.4) is 0 Å². The van der Waals surface area contributed by atoms with E-state index in [2.05, 4.69) is 10.2 Å². The summed E-state index contributed by atoms with van der Waals surface area (Å²) in [5, 5.41) is 8.40. The Bertz CT molecular complexity index is 606. The molecule has 0 fully saturated rings. The molecule has 0 saturated carbocycles. The number of hydrogen-bond donors (Lipinski definition) is 0. The molecule has 0 atom stereocenters. The van der Waals surface area contributed by atoms with Crippen molar-refractivity contribution in [3.63, 3.8) is 0 Å². The Morgan fingerprint density at radius 2 is 1.94 bits per heavy atom. The minimum absolute atomic E-state index is 0.126. The Hall–Kier alpha value is -1.36. The van der Waals surface area contributed by atoms with Crippen LogP contribution in [0.4, 0.5) is 0 Å². The predicted molar refractivity (Wildman–Crippen MR) is 62.0 cm³/mol. The molecule has 0 aliphatic carbocycles. The summed E-state index contributed by atoms with van der Waals surface area (Å²) in [6.45, 7) is 7.65. The SMILES string of the molecule is Cc1nn2nc(Cl)cc2c(=O)n1C(C)(C)C. The minimum Gasteiger partial charge on any atom is -0.288 e. The van der Waals surface area contributed by atoms with Crippen LogP contribution < -0.4 is 5.56 Å². The van der Waals surface area contributed by atoms with Crippen molar-refractivity contribution in [2.45, 2.75) is 33.2 Å². The van der Waals surface area contributed by atoms with Crippen LogP contribution in [0.2, 0.25) is 5.15 Å². The molecule has 16 heavy (non-hydrogen) atoms. The Balaban J connectivity index is 2.91. The molecule has 6 heteroatoms. The molecular weight excluding hydrogens is 228 g/mol. The first-order chi connectivity index (χ1) is 7.30. The molecule has 0 unspecified atom stereocenters. The Morgan fingerprint density at radius 1 is 1.31 bits per heavy atom. The second-order valence-electron chi connectivity index (χ2n) is 4.70. The molecule has 2 aromatic heterocycles. The molecule has 0 radical (unpaired) electrons. The van der Waals surface area contributed by atoms with Gasteiger partial charge in [0.05, 0.1) is 0 Å². The third-order valence-electron chi connectivity index (χ3n) is 2.32. The Labute approximate surface area is 97.6 Å². The smallest absolute Gasteiger partial charge is 0.280 e. The topological polar surface area (TPSA) is 52.2 Å². The monoisotopic (exact) mass is 240 g/mol. The van der Waals surface area contributed by atoms with Crippen molar-refractivity contribution in [1.29, 1.82) is 0 Å². The molecular formula is C10H13ClN4O. The fourth-order valence-electron chi connectivity index (χ4n) is 1.80. The fourth-order valence-corrected chi connectivity index (χ4v) is 1.98. The van der Waals surface area contributed by atoms with Gasteiger partial charge in [-0.15, -0.1) is 14.8 Å². The summed E-state index contributed by atoms with van der Waals surface area (Å²) < 4.78 is 2.92. The highest BCUT2D eigenvalue weighted by Gasteiger charge is 2.20.